The highest BCUT2D eigenvalue weighted by atomic mass is 19.1. The van der Waals surface area contributed by atoms with Crippen LogP contribution >= 0.6 is 0 Å². The highest BCUT2D eigenvalue weighted by Gasteiger charge is 2.13. The van der Waals surface area contributed by atoms with E-state index in [2.05, 4.69) is 0 Å². The second kappa shape index (κ2) is 8.04. The third-order valence-corrected chi connectivity index (χ3v) is 2.12. The SMILES string of the molecule is COCCOCCOc1cc(F)cc(B(O)O)c1. The van der Waals surface area contributed by atoms with E-state index in [1.807, 2.05) is 0 Å². The minimum atomic E-state index is -1.72. The first-order valence-electron chi connectivity index (χ1n) is 5.49. The molecule has 7 heteroatoms. The molecule has 0 saturated heterocycles. The van der Waals surface area contributed by atoms with Crippen LogP contribution in [0.1, 0.15) is 0 Å². The molecular formula is C11H16BFO5. The predicted molar refractivity (Wildman–Crippen MR) is 64.4 cm³/mol. The fraction of sp³-hybridized carbons (Fsp3) is 0.455. The van der Waals surface area contributed by atoms with E-state index in [4.69, 9.17) is 24.3 Å². The largest absolute Gasteiger partial charge is 0.491 e. The second-order valence-corrected chi connectivity index (χ2v) is 3.55. The van der Waals surface area contributed by atoms with E-state index >= 15 is 0 Å². The summed E-state index contributed by atoms with van der Waals surface area (Å²) in [6, 6.07) is 3.57. The number of hydrogen-bond acceptors (Lipinski definition) is 5. The van der Waals surface area contributed by atoms with Gasteiger partial charge in [0.05, 0.1) is 19.8 Å². The van der Waals surface area contributed by atoms with Gasteiger partial charge < -0.3 is 24.3 Å². The van der Waals surface area contributed by atoms with E-state index in [1.165, 1.54) is 12.1 Å². The van der Waals surface area contributed by atoms with Gasteiger partial charge in [-0.15, -0.1) is 0 Å². The van der Waals surface area contributed by atoms with Crippen LogP contribution in [0.25, 0.3) is 0 Å². The summed E-state index contributed by atoms with van der Waals surface area (Å²) >= 11 is 0. The number of methoxy groups -OCH3 is 1. The second-order valence-electron chi connectivity index (χ2n) is 3.55. The molecule has 0 aliphatic heterocycles. The molecule has 0 saturated carbocycles. The zero-order valence-corrected chi connectivity index (χ0v) is 10.1. The molecule has 0 spiro atoms. The molecule has 0 atom stereocenters. The Hall–Kier alpha value is -1.15. The van der Waals surface area contributed by atoms with Crippen molar-refractivity contribution in [2.45, 2.75) is 0 Å². The molecule has 5 nitrogen and oxygen atoms in total. The molecule has 0 amide bonds. The van der Waals surface area contributed by atoms with Gasteiger partial charge in [-0.25, -0.2) is 4.39 Å². The Morgan fingerprint density at radius 3 is 2.50 bits per heavy atom. The molecule has 2 N–H and O–H groups in total. The smallest absolute Gasteiger partial charge is 0.488 e. The van der Waals surface area contributed by atoms with Crippen LogP contribution in [0.3, 0.4) is 0 Å². The third-order valence-electron chi connectivity index (χ3n) is 2.12. The first-order chi connectivity index (χ1) is 8.63. The Kier molecular flexibility index (Phi) is 6.67. The maximum absolute atomic E-state index is 13.1. The van der Waals surface area contributed by atoms with Crippen molar-refractivity contribution >= 4 is 12.6 Å². The van der Waals surface area contributed by atoms with Crippen LogP contribution in [0, 0.1) is 5.82 Å². The molecule has 0 radical (unpaired) electrons. The molecule has 0 aliphatic rings. The highest BCUT2D eigenvalue weighted by molar-refractivity contribution is 6.58. The summed E-state index contributed by atoms with van der Waals surface area (Å²) in [6.45, 7) is 1.55. The Labute approximate surface area is 105 Å². The average Bonchev–Trinajstić information content (AvgIpc) is 2.33. The topological polar surface area (TPSA) is 68.2 Å². The summed E-state index contributed by atoms with van der Waals surface area (Å²) in [7, 11) is -0.144. The van der Waals surface area contributed by atoms with E-state index in [0.717, 1.165) is 6.07 Å². The molecule has 1 rings (SSSR count). The van der Waals surface area contributed by atoms with Gasteiger partial charge in [-0.1, -0.05) is 0 Å². The minimum absolute atomic E-state index is 0.0466. The van der Waals surface area contributed by atoms with Crippen molar-refractivity contribution in [3.8, 4) is 5.75 Å². The fourth-order valence-corrected chi connectivity index (χ4v) is 1.28. The molecule has 0 heterocycles. The summed E-state index contributed by atoms with van der Waals surface area (Å²) in [5.41, 5.74) is 0.0466. The van der Waals surface area contributed by atoms with Crippen molar-refractivity contribution in [1.29, 1.82) is 0 Å². The molecule has 1 aromatic carbocycles. The number of benzene rings is 1. The first-order valence-corrected chi connectivity index (χ1v) is 5.49. The maximum Gasteiger partial charge on any atom is 0.488 e. The van der Waals surface area contributed by atoms with Crippen LogP contribution in [0.15, 0.2) is 18.2 Å². The Balaban J connectivity index is 2.37. The molecule has 0 aliphatic carbocycles. The summed E-state index contributed by atoms with van der Waals surface area (Å²) < 4.78 is 28.3. The Morgan fingerprint density at radius 2 is 1.83 bits per heavy atom. The van der Waals surface area contributed by atoms with Crippen molar-refractivity contribution < 1.29 is 28.6 Å². The zero-order chi connectivity index (χ0) is 13.4. The molecule has 100 valence electrons. The van der Waals surface area contributed by atoms with Gasteiger partial charge in [0.1, 0.15) is 18.2 Å². The number of rotatable bonds is 8. The van der Waals surface area contributed by atoms with Gasteiger partial charge in [0, 0.05) is 13.2 Å². The number of hydrogen-bond donors (Lipinski definition) is 2. The molecule has 0 bridgehead atoms. The van der Waals surface area contributed by atoms with Crippen molar-refractivity contribution in [3.05, 3.63) is 24.0 Å². The average molecular weight is 258 g/mol. The van der Waals surface area contributed by atoms with Crippen molar-refractivity contribution in [3.63, 3.8) is 0 Å². The lowest BCUT2D eigenvalue weighted by atomic mass is 9.80. The fourth-order valence-electron chi connectivity index (χ4n) is 1.28. The van der Waals surface area contributed by atoms with Gasteiger partial charge >= 0.3 is 7.12 Å². The molecule has 0 aromatic heterocycles. The minimum Gasteiger partial charge on any atom is -0.491 e. The van der Waals surface area contributed by atoms with Crippen LogP contribution in [0.5, 0.6) is 5.75 Å². The lowest BCUT2D eigenvalue weighted by Gasteiger charge is -2.09. The zero-order valence-electron chi connectivity index (χ0n) is 10.1. The monoisotopic (exact) mass is 258 g/mol. The van der Waals surface area contributed by atoms with Gasteiger partial charge in [-0.2, -0.15) is 0 Å². The van der Waals surface area contributed by atoms with Gasteiger partial charge in [0.25, 0.3) is 0 Å². The van der Waals surface area contributed by atoms with Crippen LogP contribution in [-0.2, 0) is 9.47 Å². The van der Waals surface area contributed by atoms with Gasteiger partial charge in [0.2, 0.25) is 0 Å². The van der Waals surface area contributed by atoms with Crippen LogP contribution < -0.4 is 10.2 Å². The Bertz CT molecular complexity index is 361. The van der Waals surface area contributed by atoms with Gasteiger partial charge in [-0.05, 0) is 17.6 Å². The summed E-state index contributed by atoms with van der Waals surface area (Å²) in [6.07, 6.45) is 0. The van der Waals surface area contributed by atoms with Crippen LogP contribution in [0.2, 0.25) is 0 Å². The summed E-state index contributed by atoms with van der Waals surface area (Å²) in [4.78, 5) is 0. The number of halogens is 1. The normalized spacial score (nSPS) is 10.4. The van der Waals surface area contributed by atoms with Crippen LogP contribution in [0.4, 0.5) is 4.39 Å². The first kappa shape index (κ1) is 14.9. The third kappa shape index (κ3) is 5.46. The van der Waals surface area contributed by atoms with Crippen molar-refractivity contribution in [2.24, 2.45) is 0 Å². The standard InChI is InChI=1S/C11H16BFO5/c1-16-2-3-17-4-5-18-11-7-9(12(14)15)6-10(13)8-11/h6-8,14-15H,2-5H2,1H3. The molecule has 0 unspecified atom stereocenters. The van der Waals surface area contributed by atoms with Crippen LogP contribution in [-0.4, -0.2) is 50.7 Å². The summed E-state index contributed by atoms with van der Waals surface area (Å²) in [5.74, 6) is -0.357. The molecular weight excluding hydrogens is 242 g/mol. The van der Waals surface area contributed by atoms with Crippen molar-refractivity contribution in [2.75, 3.05) is 33.5 Å². The van der Waals surface area contributed by atoms with Crippen molar-refractivity contribution in [1.82, 2.24) is 0 Å². The molecule has 18 heavy (non-hydrogen) atoms. The maximum atomic E-state index is 13.1. The summed E-state index contributed by atoms with van der Waals surface area (Å²) in [5, 5.41) is 17.9. The van der Waals surface area contributed by atoms with Gasteiger partial charge in [-0.3, -0.25) is 0 Å². The lowest BCUT2D eigenvalue weighted by molar-refractivity contribution is 0.0544. The lowest BCUT2D eigenvalue weighted by Crippen LogP contribution is -2.30. The van der Waals surface area contributed by atoms with E-state index in [1.54, 1.807) is 7.11 Å². The van der Waals surface area contributed by atoms with E-state index < -0.39 is 12.9 Å². The quantitative estimate of drug-likeness (QED) is 0.488. The van der Waals surface area contributed by atoms with E-state index in [9.17, 15) is 4.39 Å². The van der Waals surface area contributed by atoms with E-state index in [0.29, 0.717) is 19.8 Å². The Morgan fingerprint density at radius 1 is 1.11 bits per heavy atom. The highest BCUT2D eigenvalue weighted by Crippen LogP contribution is 2.10. The molecule has 1 aromatic rings. The molecule has 0 fully saturated rings. The van der Waals surface area contributed by atoms with E-state index in [-0.39, 0.29) is 17.8 Å². The predicted octanol–water partition coefficient (Wildman–Crippen LogP) is -0.453. The van der Waals surface area contributed by atoms with Gasteiger partial charge in [0.15, 0.2) is 0 Å². The number of ether oxygens (including phenoxy) is 3.